The molecule has 0 aliphatic rings. The van der Waals surface area contributed by atoms with Gasteiger partial charge in [-0.2, -0.15) is 0 Å². The number of rotatable bonds is 8. The molecule has 6 nitrogen and oxygen atoms in total. The van der Waals surface area contributed by atoms with Crippen molar-refractivity contribution in [1.29, 1.82) is 0 Å². The summed E-state index contributed by atoms with van der Waals surface area (Å²) in [4.78, 5) is 37.0. The SMILES string of the molecule is CCOC(=O)CC(=O)c1ccc(C(=O)NCCN(C)C)cc1. The summed E-state index contributed by atoms with van der Waals surface area (Å²) in [6, 6.07) is 6.23. The molecule has 1 aromatic carbocycles. The molecule has 1 N–H and O–H groups in total. The number of nitrogens with one attached hydrogen (secondary N) is 1. The van der Waals surface area contributed by atoms with Gasteiger partial charge in [-0.3, -0.25) is 14.4 Å². The van der Waals surface area contributed by atoms with Crippen LogP contribution in [0.15, 0.2) is 24.3 Å². The van der Waals surface area contributed by atoms with Gasteiger partial charge in [0.05, 0.1) is 6.61 Å². The van der Waals surface area contributed by atoms with Crippen molar-refractivity contribution in [1.82, 2.24) is 10.2 Å². The number of ketones is 1. The van der Waals surface area contributed by atoms with Gasteiger partial charge in [0.25, 0.3) is 5.91 Å². The Hall–Kier alpha value is -2.21. The van der Waals surface area contributed by atoms with Crippen molar-refractivity contribution in [2.24, 2.45) is 0 Å². The van der Waals surface area contributed by atoms with Gasteiger partial charge in [-0.25, -0.2) is 0 Å². The normalized spacial score (nSPS) is 10.4. The van der Waals surface area contributed by atoms with Gasteiger partial charge in [0.1, 0.15) is 6.42 Å². The fourth-order valence-corrected chi connectivity index (χ4v) is 1.75. The second-order valence-electron chi connectivity index (χ2n) is 5.04. The van der Waals surface area contributed by atoms with Crippen molar-refractivity contribution in [3.05, 3.63) is 35.4 Å². The van der Waals surface area contributed by atoms with Crippen LogP contribution in [0.1, 0.15) is 34.1 Å². The Bertz CT molecular complexity index is 523. The third kappa shape index (κ3) is 6.05. The van der Waals surface area contributed by atoms with E-state index < -0.39 is 5.97 Å². The van der Waals surface area contributed by atoms with Crippen molar-refractivity contribution in [3.8, 4) is 0 Å². The zero-order chi connectivity index (χ0) is 16.5. The Labute approximate surface area is 130 Å². The highest BCUT2D eigenvalue weighted by Gasteiger charge is 2.13. The molecule has 6 heteroatoms. The van der Waals surface area contributed by atoms with Crippen LogP contribution in [0.3, 0.4) is 0 Å². The first-order chi connectivity index (χ1) is 10.4. The molecule has 0 atom stereocenters. The maximum Gasteiger partial charge on any atom is 0.313 e. The van der Waals surface area contributed by atoms with E-state index in [0.717, 1.165) is 6.54 Å². The molecule has 0 aromatic heterocycles. The predicted molar refractivity (Wildman–Crippen MR) is 82.9 cm³/mol. The first-order valence-electron chi connectivity index (χ1n) is 7.15. The standard InChI is InChI=1S/C16H22N2O4/c1-4-22-15(20)11-14(19)12-5-7-13(8-6-12)16(21)17-9-10-18(2)3/h5-8H,4,9-11H2,1-3H3,(H,17,21). The lowest BCUT2D eigenvalue weighted by Gasteiger charge is -2.10. The number of likely N-dealkylation sites (N-methyl/N-ethyl adjacent to an activating group) is 1. The third-order valence-electron chi connectivity index (χ3n) is 2.92. The Morgan fingerprint density at radius 3 is 2.23 bits per heavy atom. The number of esters is 1. The van der Waals surface area contributed by atoms with Crippen LogP contribution in [0.5, 0.6) is 0 Å². The van der Waals surface area contributed by atoms with E-state index >= 15 is 0 Å². The molecule has 1 rings (SSSR count). The van der Waals surface area contributed by atoms with E-state index in [-0.39, 0.29) is 24.7 Å². The second kappa shape index (κ2) is 8.94. The van der Waals surface area contributed by atoms with Crippen molar-refractivity contribution >= 4 is 17.7 Å². The summed E-state index contributed by atoms with van der Waals surface area (Å²) < 4.78 is 4.73. The fraction of sp³-hybridized carbons (Fsp3) is 0.438. The van der Waals surface area contributed by atoms with E-state index in [4.69, 9.17) is 4.74 Å². The van der Waals surface area contributed by atoms with Crippen LogP contribution in [0.2, 0.25) is 0 Å². The number of carbonyl (C=O) groups is 3. The second-order valence-corrected chi connectivity index (χ2v) is 5.04. The maximum atomic E-state index is 11.9. The van der Waals surface area contributed by atoms with Gasteiger partial charge in [-0.15, -0.1) is 0 Å². The predicted octanol–water partition coefficient (Wildman–Crippen LogP) is 1.11. The van der Waals surface area contributed by atoms with Gasteiger partial charge >= 0.3 is 5.97 Å². The number of benzene rings is 1. The van der Waals surface area contributed by atoms with Gasteiger partial charge in [0, 0.05) is 24.2 Å². The molecule has 0 saturated carbocycles. The van der Waals surface area contributed by atoms with Crippen LogP contribution in [0, 0.1) is 0 Å². The molecular weight excluding hydrogens is 284 g/mol. The summed E-state index contributed by atoms with van der Waals surface area (Å²) >= 11 is 0. The van der Waals surface area contributed by atoms with E-state index in [1.807, 2.05) is 19.0 Å². The molecule has 120 valence electrons. The molecule has 0 saturated heterocycles. The highest BCUT2D eigenvalue weighted by Crippen LogP contribution is 2.08. The van der Waals surface area contributed by atoms with Crippen molar-refractivity contribution in [2.75, 3.05) is 33.8 Å². The maximum absolute atomic E-state index is 11.9. The van der Waals surface area contributed by atoms with Crippen LogP contribution < -0.4 is 5.32 Å². The summed E-state index contributed by atoms with van der Waals surface area (Å²) in [5.74, 6) is -1.05. The van der Waals surface area contributed by atoms with E-state index in [1.165, 1.54) is 0 Å². The van der Waals surface area contributed by atoms with Gasteiger partial charge in [0.2, 0.25) is 0 Å². The Morgan fingerprint density at radius 2 is 1.68 bits per heavy atom. The number of Topliss-reactive ketones (excluding diaryl/α,β-unsaturated/α-hetero) is 1. The van der Waals surface area contributed by atoms with Crippen molar-refractivity contribution in [3.63, 3.8) is 0 Å². The molecular formula is C16H22N2O4. The third-order valence-corrected chi connectivity index (χ3v) is 2.92. The minimum atomic E-state index is -0.544. The van der Waals surface area contributed by atoms with E-state index in [0.29, 0.717) is 17.7 Å². The minimum absolute atomic E-state index is 0.189. The molecule has 0 fully saturated rings. The van der Waals surface area contributed by atoms with Crippen molar-refractivity contribution < 1.29 is 19.1 Å². The molecule has 0 unspecified atom stereocenters. The summed E-state index contributed by atoms with van der Waals surface area (Å²) in [5, 5.41) is 2.79. The molecule has 1 aromatic rings. The topological polar surface area (TPSA) is 75.7 Å². The number of amides is 1. The van der Waals surface area contributed by atoms with E-state index in [2.05, 4.69) is 5.32 Å². The summed E-state index contributed by atoms with van der Waals surface area (Å²) in [6.45, 7) is 3.24. The highest BCUT2D eigenvalue weighted by atomic mass is 16.5. The lowest BCUT2D eigenvalue weighted by Crippen LogP contribution is -2.31. The van der Waals surface area contributed by atoms with Gasteiger partial charge in [-0.1, -0.05) is 12.1 Å². The molecule has 0 heterocycles. The smallest absolute Gasteiger partial charge is 0.313 e. The molecule has 0 aliphatic carbocycles. The zero-order valence-electron chi connectivity index (χ0n) is 13.2. The molecule has 0 aliphatic heterocycles. The number of hydrogen-bond donors (Lipinski definition) is 1. The average Bonchev–Trinajstić information content (AvgIpc) is 2.47. The van der Waals surface area contributed by atoms with Crippen LogP contribution in [-0.4, -0.2) is 56.4 Å². The number of nitrogens with zero attached hydrogens (tertiary/aromatic N) is 1. The first-order valence-corrected chi connectivity index (χ1v) is 7.15. The van der Waals surface area contributed by atoms with Crippen molar-refractivity contribution in [2.45, 2.75) is 13.3 Å². The lowest BCUT2D eigenvalue weighted by molar-refractivity contribution is -0.141. The monoisotopic (exact) mass is 306 g/mol. The quantitative estimate of drug-likeness (QED) is 0.442. The summed E-state index contributed by atoms with van der Waals surface area (Å²) in [6.07, 6.45) is -0.289. The van der Waals surface area contributed by atoms with Gasteiger partial charge in [-0.05, 0) is 33.2 Å². The number of carbonyl (C=O) groups excluding carboxylic acids is 3. The van der Waals surface area contributed by atoms with Crippen LogP contribution >= 0.6 is 0 Å². The zero-order valence-corrected chi connectivity index (χ0v) is 13.2. The van der Waals surface area contributed by atoms with Gasteiger partial charge in [0.15, 0.2) is 5.78 Å². The molecule has 0 radical (unpaired) electrons. The largest absolute Gasteiger partial charge is 0.466 e. The average molecular weight is 306 g/mol. The van der Waals surface area contributed by atoms with E-state index in [1.54, 1.807) is 31.2 Å². The number of hydrogen-bond acceptors (Lipinski definition) is 5. The molecule has 0 spiro atoms. The number of ether oxygens (including phenoxy) is 1. The lowest BCUT2D eigenvalue weighted by atomic mass is 10.1. The van der Waals surface area contributed by atoms with E-state index in [9.17, 15) is 14.4 Å². The van der Waals surface area contributed by atoms with Crippen LogP contribution in [0.4, 0.5) is 0 Å². The minimum Gasteiger partial charge on any atom is -0.466 e. The first kappa shape index (κ1) is 17.8. The van der Waals surface area contributed by atoms with Crippen LogP contribution in [0.25, 0.3) is 0 Å². The van der Waals surface area contributed by atoms with Crippen LogP contribution in [-0.2, 0) is 9.53 Å². The highest BCUT2D eigenvalue weighted by molar-refractivity contribution is 6.06. The molecule has 1 amide bonds. The Morgan fingerprint density at radius 1 is 1.09 bits per heavy atom. The fourth-order valence-electron chi connectivity index (χ4n) is 1.75. The molecule has 0 bridgehead atoms. The summed E-state index contributed by atoms with van der Waals surface area (Å²) in [7, 11) is 3.85. The Kier molecular flexibility index (Phi) is 7.25. The molecule has 22 heavy (non-hydrogen) atoms. The summed E-state index contributed by atoms with van der Waals surface area (Å²) in [5.41, 5.74) is 0.865. The van der Waals surface area contributed by atoms with Gasteiger partial charge < -0.3 is 15.0 Å². The Balaban J connectivity index is 2.56.